The van der Waals surface area contributed by atoms with Gasteiger partial charge in [-0.15, -0.1) is 0 Å². The lowest BCUT2D eigenvalue weighted by Gasteiger charge is -2.49. The molecular formula is C15H23FN4. The maximum absolute atomic E-state index is 13.0. The summed E-state index contributed by atoms with van der Waals surface area (Å²) in [5.74, 6) is -0.258. The standard InChI is InChI=1S/C15H23FN4/c1-2-15(14-4-3-12(16)9-18-14)20-10-13(11-20)19-7-5-17-6-8-19/h3-4,9,13,15,17H,2,5-8,10-11H2,1H3. The van der Waals surface area contributed by atoms with Crippen LogP contribution in [0.1, 0.15) is 25.1 Å². The molecule has 0 aliphatic carbocycles. The maximum atomic E-state index is 13.0. The second-order valence-electron chi connectivity index (χ2n) is 5.72. The van der Waals surface area contributed by atoms with Crippen molar-refractivity contribution in [2.75, 3.05) is 39.3 Å². The van der Waals surface area contributed by atoms with E-state index in [0.717, 1.165) is 51.4 Å². The molecule has 1 aromatic heterocycles. The van der Waals surface area contributed by atoms with Crippen molar-refractivity contribution in [3.63, 3.8) is 0 Å². The first-order valence-electron chi connectivity index (χ1n) is 7.58. The number of pyridine rings is 1. The van der Waals surface area contributed by atoms with Crippen molar-refractivity contribution in [1.29, 1.82) is 0 Å². The molecule has 0 amide bonds. The molecule has 0 bridgehead atoms. The monoisotopic (exact) mass is 278 g/mol. The van der Waals surface area contributed by atoms with E-state index in [1.807, 2.05) is 6.07 Å². The Hall–Kier alpha value is -1.04. The van der Waals surface area contributed by atoms with Crippen LogP contribution in [0.5, 0.6) is 0 Å². The van der Waals surface area contributed by atoms with Crippen LogP contribution < -0.4 is 5.32 Å². The third-order valence-electron chi connectivity index (χ3n) is 4.48. The summed E-state index contributed by atoms with van der Waals surface area (Å²) in [4.78, 5) is 9.30. The molecule has 20 heavy (non-hydrogen) atoms. The number of aromatic nitrogens is 1. The van der Waals surface area contributed by atoms with Crippen LogP contribution in [0, 0.1) is 5.82 Å². The van der Waals surface area contributed by atoms with Crippen LogP contribution in [0.25, 0.3) is 0 Å². The lowest BCUT2D eigenvalue weighted by molar-refractivity contribution is -0.00344. The zero-order chi connectivity index (χ0) is 13.9. The van der Waals surface area contributed by atoms with Gasteiger partial charge in [0, 0.05) is 45.3 Å². The van der Waals surface area contributed by atoms with Crippen LogP contribution >= 0.6 is 0 Å². The predicted molar refractivity (Wildman–Crippen MR) is 77.0 cm³/mol. The van der Waals surface area contributed by atoms with Gasteiger partial charge in [-0.2, -0.15) is 0 Å². The van der Waals surface area contributed by atoms with E-state index in [9.17, 15) is 4.39 Å². The average Bonchev–Trinajstić information content (AvgIpc) is 2.44. The van der Waals surface area contributed by atoms with Crippen molar-refractivity contribution in [2.24, 2.45) is 0 Å². The third-order valence-corrected chi connectivity index (χ3v) is 4.48. The number of piperazine rings is 1. The summed E-state index contributed by atoms with van der Waals surface area (Å²) in [6, 6.07) is 4.35. The Morgan fingerprint density at radius 3 is 2.70 bits per heavy atom. The number of nitrogens with one attached hydrogen (secondary N) is 1. The molecule has 0 aromatic carbocycles. The van der Waals surface area contributed by atoms with Crippen LogP contribution in [0.2, 0.25) is 0 Å². The SMILES string of the molecule is CCC(c1ccc(F)cn1)N1CC(N2CCNCC2)C1. The lowest BCUT2D eigenvalue weighted by Crippen LogP contribution is -2.63. The van der Waals surface area contributed by atoms with Crippen molar-refractivity contribution in [1.82, 2.24) is 20.1 Å². The highest BCUT2D eigenvalue weighted by Gasteiger charge is 2.36. The first-order valence-corrected chi connectivity index (χ1v) is 7.58. The molecule has 2 fully saturated rings. The minimum atomic E-state index is -0.258. The van der Waals surface area contributed by atoms with Gasteiger partial charge in [0.1, 0.15) is 5.82 Å². The molecule has 3 heterocycles. The fourth-order valence-electron chi connectivity index (χ4n) is 3.26. The third kappa shape index (κ3) is 2.85. The van der Waals surface area contributed by atoms with Crippen LogP contribution in [0.15, 0.2) is 18.3 Å². The van der Waals surface area contributed by atoms with Gasteiger partial charge in [0.2, 0.25) is 0 Å². The van der Waals surface area contributed by atoms with Crippen LogP contribution in [0.4, 0.5) is 4.39 Å². The average molecular weight is 278 g/mol. The van der Waals surface area contributed by atoms with Gasteiger partial charge >= 0.3 is 0 Å². The summed E-state index contributed by atoms with van der Waals surface area (Å²) >= 11 is 0. The molecule has 1 unspecified atom stereocenters. The highest BCUT2D eigenvalue weighted by molar-refractivity contribution is 5.11. The van der Waals surface area contributed by atoms with Gasteiger partial charge in [0.25, 0.3) is 0 Å². The van der Waals surface area contributed by atoms with Crippen molar-refractivity contribution >= 4 is 0 Å². The van der Waals surface area contributed by atoms with Gasteiger partial charge in [0.15, 0.2) is 0 Å². The molecule has 1 atom stereocenters. The molecule has 110 valence electrons. The highest BCUT2D eigenvalue weighted by Crippen LogP contribution is 2.29. The Kier molecular flexibility index (Phi) is 4.29. The zero-order valence-electron chi connectivity index (χ0n) is 12.1. The van der Waals surface area contributed by atoms with Crippen LogP contribution in [0.3, 0.4) is 0 Å². The minimum Gasteiger partial charge on any atom is -0.314 e. The Morgan fingerprint density at radius 1 is 1.35 bits per heavy atom. The highest BCUT2D eigenvalue weighted by atomic mass is 19.1. The minimum absolute atomic E-state index is 0.258. The van der Waals surface area contributed by atoms with Crippen LogP contribution in [-0.2, 0) is 0 Å². The van der Waals surface area contributed by atoms with Crippen molar-refractivity contribution < 1.29 is 4.39 Å². The fraction of sp³-hybridized carbons (Fsp3) is 0.667. The Balaban J connectivity index is 1.57. The normalized spacial score (nSPS) is 23.5. The molecule has 4 nitrogen and oxygen atoms in total. The molecule has 3 rings (SSSR count). The Bertz CT molecular complexity index is 424. The van der Waals surface area contributed by atoms with E-state index >= 15 is 0 Å². The maximum Gasteiger partial charge on any atom is 0.141 e. The van der Waals surface area contributed by atoms with Crippen molar-refractivity contribution in [2.45, 2.75) is 25.4 Å². The zero-order valence-corrected chi connectivity index (χ0v) is 12.1. The van der Waals surface area contributed by atoms with E-state index in [2.05, 4.69) is 27.0 Å². The van der Waals surface area contributed by atoms with E-state index in [0.29, 0.717) is 12.1 Å². The van der Waals surface area contributed by atoms with E-state index in [-0.39, 0.29) is 5.82 Å². The Labute approximate surface area is 120 Å². The van der Waals surface area contributed by atoms with E-state index < -0.39 is 0 Å². The van der Waals surface area contributed by atoms with Crippen molar-refractivity contribution in [3.05, 3.63) is 29.8 Å². The second kappa shape index (κ2) is 6.16. The molecule has 2 saturated heterocycles. The van der Waals surface area contributed by atoms with Crippen molar-refractivity contribution in [3.8, 4) is 0 Å². The number of nitrogens with zero attached hydrogens (tertiary/aromatic N) is 3. The lowest BCUT2D eigenvalue weighted by atomic mass is 9.99. The number of likely N-dealkylation sites (tertiary alicyclic amines) is 1. The van der Waals surface area contributed by atoms with E-state index in [4.69, 9.17) is 0 Å². The molecule has 0 radical (unpaired) electrons. The van der Waals surface area contributed by atoms with Gasteiger partial charge < -0.3 is 5.32 Å². The number of halogens is 1. The topological polar surface area (TPSA) is 31.4 Å². The van der Waals surface area contributed by atoms with Gasteiger partial charge in [-0.05, 0) is 18.6 Å². The molecule has 2 aliphatic heterocycles. The molecule has 0 saturated carbocycles. The number of rotatable bonds is 4. The predicted octanol–water partition coefficient (Wildman–Crippen LogP) is 1.26. The van der Waals surface area contributed by atoms with E-state index in [1.165, 1.54) is 12.3 Å². The molecule has 0 spiro atoms. The summed E-state index contributed by atoms with van der Waals surface area (Å²) < 4.78 is 13.0. The molecule has 2 aliphatic rings. The molecule has 1 N–H and O–H groups in total. The molecule has 1 aromatic rings. The summed E-state index contributed by atoms with van der Waals surface area (Å²) in [5, 5.41) is 3.39. The van der Waals surface area contributed by atoms with Gasteiger partial charge in [-0.1, -0.05) is 6.92 Å². The number of hydrogen-bond donors (Lipinski definition) is 1. The summed E-state index contributed by atoms with van der Waals surface area (Å²) in [7, 11) is 0. The largest absolute Gasteiger partial charge is 0.314 e. The molecule has 5 heteroatoms. The Morgan fingerprint density at radius 2 is 2.10 bits per heavy atom. The summed E-state index contributed by atoms with van der Waals surface area (Å²) in [6.45, 7) is 8.91. The first kappa shape index (κ1) is 13.9. The summed E-state index contributed by atoms with van der Waals surface area (Å²) in [5.41, 5.74) is 0.993. The summed E-state index contributed by atoms with van der Waals surface area (Å²) in [6.07, 6.45) is 2.35. The fourth-order valence-corrected chi connectivity index (χ4v) is 3.26. The van der Waals surface area contributed by atoms with Crippen LogP contribution in [-0.4, -0.2) is 60.1 Å². The van der Waals surface area contributed by atoms with E-state index in [1.54, 1.807) is 0 Å². The number of hydrogen-bond acceptors (Lipinski definition) is 4. The quantitative estimate of drug-likeness (QED) is 0.898. The van der Waals surface area contributed by atoms with Gasteiger partial charge in [-0.3, -0.25) is 14.8 Å². The first-order chi connectivity index (χ1) is 9.78. The smallest absolute Gasteiger partial charge is 0.141 e. The molecular weight excluding hydrogens is 255 g/mol. The second-order valence-corrected chi connectivity index (χ2v) is 5.72. The van der Waals surface area contributed by atoms with Gasteiger partial charge in [0.05, 0.1) is 17.9 Å². The van der Waals surface area contributed by atoms with Gasteiger partial charge in [-0.25, -0.2) is 4.39 Å².